The van der Waals surface area contributed by atoms with E-state index in [0.717, 1.165) is 11.6 Å². The molecule has 1 N–H and O–H groups in total. The second kappa shape index (κ2) is 8.48. The van der Waals surface area contributed by atoms with Crippen molar-refractivity contribution >= 4 is 18.0 Å². The molecular formula is C16H16O4. The summed E-state index contributed by atoms with van der Waals surface area (Å²) in [5.41, 5.74) is 1.22. The smallest absolute Gasteiger partial charge is 0.338 e. The Bertz CT molecular complexity index is 539. The Morgan fingerprint density at radius 2 is 1.90 bits per heavy atom. The van der Waals surface area contributed by atoms with Crippen LogP contribution in [-0.4, -0.2) is 23.7 Å². The van der Waals surface area contributed by atoms with Crippen LogP contribution < -0.4 is 0 Å². The quantitative estimate of drug-likeness (QED) is 0.491. The van der Waals surface area contributed by atoms with Crippen molar-refractivity contribution < 1.29 is 19.4 Å². The number of carbonyl (C=O) groups excluding carboxylic acids is 1. The monoisotopic (exact) mass is 272 g/mol. The molecule has 0 aliphatic heterocycles. The highest BCUT2D eigenvalue weighted by atomic mass is 16.5. The minimum absolute atomic E-state index is 0.262. The average Bonchev–Trinajstić information content (AvgIpc) is 2.43. The predicted octanol–water partition coefficient (Wildman–Crippen LogP) is 2.83. The number of hydrogen-bond donors (Lipinski definition) is 1. The van der Waals surface area contributed by atoms with Crippen LogP contribution in [0, 0.1) is 0 Å². The summed E-state index contributed by atoms with van der Waals surface area (Å²) in [6.45, 7) is 1.97. The number of allylic oxidation sites excluding steroid dienone is 2. The van der Waals surface area contributed by atoms with Crippen LogP contribution >= 0.6 is 0 Å². The SMILES string of the molecule is CCOC(=O)C(C=Cc1ccccc1)=CC=CC(=O)O. The molecule has 1 aromatic carbocycles. The third-order valence-electron chi connectivity index (χ3n) is 2.28. The molecule has 0 saturated carbocycles. The van der Waals surface area contributed by atoms with Crippen LogP contribution in [0.25, 0.3) is 6.08 Å². The van der Waals surface area contributed by atoms with E-state index < -0.39 is 11.9 Å². The summed E-state index contributed by atoms with van der Waals surface area (Å²) in [4.78, 5) is 22.1. The zero-order valence-corrected chi connectivity index (χ0v) is 11.2. The number of rotatable bonds is 6. The Morgan fingerprint density at radius 3 is 2.50 bits per heavy atom. The molecule has 0 aliphatic carbocycles. The van der Waals surface area contributed by atoms with Gasteiger partial charge in [0.2, 0.25) is 0 Å². The first kappa shape index (κ1) is 15.4. The number of ether oxygens (including phenoxy) is 1. The molecule has 0 aliphatic rings. The minimum atomic E-state index is -1.07. The Hall–Kier alpha value is -2.62. The van der Waals surface area contributed by atoms with E-state index in [9.17, 15) is 9.59 Å². The molecule has 104 valence electrons. The van der Waals surface area contributed by atoms with E-state index in [1.54, 1.807) is 19.1 Å². The van der Waals surface area contributed by atoms with Crippen molar-refractivity contribution in [2.24, 2.45) is 0 Å². The molecule has 1 rings (SSSR count). The molecular weight excluding hydrogens is 256 g/mol. The first-order valence-electron chi connectivity index (χ1n) is 6.15. The van der Waals surface area contributed by atoms with Crippen molar-refractivity contribution in [3.05, 3.63) is 65.8 Å². The van der Waals surface area contributed by atoms with Crippen LogP contribution in [0.4, 0.5) is 0 Å². The third kappa shape index (κ3) is 5.82. The number of esters is 1. The molecule has 0 bridgehead atoms. The summed E-state index contributed by atoms with van der Waals surface area (Å²) in [6.07, 6.45) is 7.02. The molecule has 1 aromatic rings. The maximum atomic E-state index is 11.7. The predicted molar refractivity (Wildman–Crippen MR) is 77.0 cm³/mol. The minimum Gasteiger partial charge on any atom is -0.478 e. The van der Waals surface area contributed by atoms with Crippen LogP contribution in [0.5, 0.6) is 0 Å². The molecule has 0 amide bonds. The largest absolute Gasteiger partial charge is 0.478 e. The van der Waals surface area contributed by atoms with E-state index in [1.807, 2.05) is 30.3 Å². The van der Waals surface area contributed by atoms with Gasteiger partial charge in [-0.1, -0.05) is 42.5 Å². The average molecular weight is 272 g/mol. The molecule has 0 saturated heterocycles. The fraction of sp³-hybridized carbons (Fsp3) is 0.125. The van der Waals surface area contributed by atoms with Crippen LogP contribution in [0.1, 0.15) is 12.5 Å². The molecule has 0 radical (unpaired) electrons. The van der Waals surface area contributed by atoms with E-state index in [0.29, 0.717) is 0 Å². The Balaban J connectivity index is 2.90. The number of carbonyl (C=O) groups is 2. The lowest BCUT2D eigenvalue weighted by Crippen LogP contribution is -2.05. The lowest BCUT2D eigenvalue weighted by molar-refractivity contribution is -0.138. The summed E-state index contributed by atoms with van der Waals surface area (Å²) >= 11 is 0. The molecule has 0 aromatic heterocycles. The Labute approximate surface area is 117 Å². The van der Waals surface area contributed by atoms with Gasteiger partial charge >= 0.3 is 11.9 Å². The second-order valence-electron chi connectivity index (χ2n) is 3.78. The number of carboxylic acids is 1. The fourth-order valence-corrected chi connectivity index (χ4v) is 1.39. The standard InChI is InChI=1S/C16H16O4/c1-2-20-16(19)14(9-6-10-15(17)18)12-11-13-7-4-3-5-8-13/h3-12H,2H2,1H3,(H,17,18). The van der Waals surface area contributed by atoms with Crippen molar-refractivity contribution in [1.29, 1.82) is 0 Å². The lowest BCUT2D eigenvalue weighted by Gasteiger charge is -2.01. The van der Waals surface area contributed by atoms with E-state index in [-0.39, 0.29) is 12.2 Å². The first-order valence-corrected chi connectivity index (χ1v) is 6.15. The van der Waals surface area contributed by atoms with E-state index >= 15 is 0 Å². The van der Waals surface area contributed by atoms with Crippen molar-refractivity contribution in [3.8, 4) is 0 Å². The van der Waals surface area contributed by atoms with Crippen molar-refractivity contribution in [1.82, 2.24) is 0 Å². The highest BCUT2D eigenvalue weighted by Crippen LogP contribution is 2.07. The van der Waals surface area contributed by atoms with Gasteiger partial charge in [-0.15, -0.1) is 0 Å². The topological polar surface area (TPSA) is 63.6 Å². The molecule has 4 heteroatoms. The molecule has 0 heterocycles. The highest BCUT2D eigenvalue weighted by Gasteiger charge is 2.05. The number of aliphatic carboxylic acids is 1. The maximum Gasteiger partial charge on any atom is 0.338 e. The second-order valence-corrected chi connectivity index (χ2v) is 3.78. The van der Waals surface area contributed by atoms with Crippen molar-refractivity contribution in [3.63, 3.8) is 0 Å². The molecule has 0 unspecified atom stereocenters. The lowest BCUT2D eigenvalue weighted by atomic mass is 10.1. The first-order chi connectivity index (χ1) is 9.63. The molecule has 0 atom stereocenters. The Morgan fingerprint density at radius 1 is 1.20 bits per heavy atom. The van der Waals surface area contributed by atoms with Crippen LogP contribution in [0.3, 0.4) is 0 Å². The molecule has 4 nitrogen and oxygen atoms in total. The number of hydrogen-bond acceptors (Lipinski definition) is 3. The highest BCUT2D eigenvalue weighted by molar-refractivity contribution is 5.93. The van der Waals surface area contributed by atoms with Gasteiger partial charge in [-0.05, 0) is 24.6 Å². The normalized spacial score (nSPS) is 11.9. The number of carboxylic acid groups (broad SMARTS) is 1. The van der Waals surface area contributed by atoms with Crippen LogP contribution in [-0.2, 0) is 14.3 Å². The number of benzene rings is 1. The van der Waals surface area contributed by atoms with Gasteiger partial charge in [0.15, 0.2) is 0 Å². The van der Waals surface area contributed by atoms with Crippen LogP contribution in [0.2, 0.25) is 0 Å². The summed E-state index contributed by atoms with van der Waals surface area (Å²) in [6, 6.07) is 9.46. The van der Waals surface area contributed by atoms with Gasteiger partial charge in [0, 0.05) is 6.08 Å². The van der Waals surface area contributed by atoms with Gasteiger partial charge in [0.1, 0.15) is 0 Å². The summed E-state index contributed by atoms with van der Waals surface area (Å²) in [7, 11) is 0. The van der Waals surface area contributed by atoms with Crippen molar-refractivity contribution in [2.45, 2.75) is 6.92 Å². The zero-order valence-electron chi connectivity index (χ0n) is 11.2. The molecule has 0 fully saturated rings. The Kier molecular flexibility index (Phi) is 6.54. The van der Waals surface area contributed by atoms with Gasteiger partial charge in [0.05, 0.1) is 12.2 Å². The van der Waals surface area contributed by atoms with Gasteiger partial charge in [-0.2, -0.15) is 0 Å². The van der Waals surface area contributed by atoms with Gasteiger partial charge < -0.3 is 9.84 Å². The van der Waals surface area contributed by atoms with Crippen molar-refractivity contribution in [2.75, 3.05) is 6.61 Å². The van der Waals surface area contributed by atoms with Crippen LogP contribution in [0.15, 0.2) is 60.2 Å². The zero-order chi connectivity index (χ0) is 14.8. The van der Waals surface area contributed by atoms with E-state index in [4.69, 9.17) is 9.84 Å². The molecule has 0 spiro atoms. The third-order valence-corrected chi connectivity index (χ3v) is 2.28. The van der Waals surface area contributed by atoms with E-state index in [2.05, 4.69) is 0 Å². The molecule has 20 heavy (non-hydrogen) atoms. The van der Waals surface area contributed by atoms with E-state index in [1.165, 1.54) is 12.2 Å². The van der Waals surface area contributed by atoms with Gasteiger partial charge in [-0.25, -0.2) is 9.59 Å². The van der Waals surface area contributed by atoms with Gasteiger partial charge in [0.25, 0.3) is 0 Å². The maximum absolute atomic E-state index is 11.7. The van der Waals surface area contributed by atoms with Gasteiger partial charge in [-0.3, -0.25) is 0 Å². The summed E-state index contributed by atoms with van der Waals surface area (Å²) in [5.74, 6) is -1.56. The summed E-state index contributed by atoms with van der Waals surface area (Å²) in [5, 5.41) is 8.53. The summed E-state index contributed by atoms with van der Waals surface area (Å²) < 4.78 is 4.91. The fourth-order valence-electron chi connectivity index (χ4n) is 1.39.